The molecule has 31 heavy (non-hydrogen) atoms. The highest BCUT2D eigenvalue weighted by atomic mass is 19.1. The maximum absolute atomic E-state index is 13.2. The molecule has 0 radical (unpaired) electrons. The number of nitrogens with one attached hydrogen (secondary N) is 1. The van der Waals surface area contributed by atoms with Crippen molar-refractivity contribution in [3.8, 4) is 5.69 Å². The minimum absolute atomic E-state index is 0.0212. The number of hydrogen-bond acceptors (Lipinski definition) is 4. The summed E-state index contributed by atoms with van der Waals surface area (Å²) in [6.45, 7) is 3.27. The van der Waals surface area contributed by atoms with Gasteiger partial charge in [0.15, 0.2) is 0 Å². The quantitative estimate of drug-likeness (QED) is 0.686. The van der Waals surface area contributed by atoms with Crippen LogP contribution in [0, 0.1) is 11.7 Å². The lowest BCUT2D eigenvalue weighted by molar-refractivity contribution is -0.125. The van der Waals surface area contributed by atoms with Crippen LogP contribution in [0.1, 0.15) is 31.4 Å². The van der Waals surface area contributed by atoms with E-state index in [2.05, 4.69) is 10.4 Å². The van der Waals surface area contributed by atoms with Crippen LogP contribution >= 0.6 is 0 Å². The first kappa shape index (κ1) is 20.8. The van der Waals surface area contributed by atoms with E-state index in [1.54, 1.807) is 6.07 Å². The van der Waals surface area contributed by atoms with Crippen LogP contribution in [0.2, 0.25) is 0 Å². The van der Waals surface area contributed by atoms with Gasteiger partial charge in [-0.3, -0.25) is 9.59 Å². The number of hydrogen-bond donors (Lipinski definition) is 1. The third kappa shape index (κ3) is 4.82. The van der Waals surface area contributed by atoms with Gasteiger partial charge in [0.05, 0.1) is 17.6 Å². The number of nitrogens with zero attached hydrogens (tertiary/aromatic N) is 3. The Morgan fingerprint density at radius 2 is 1.84 bits per heavy atom. The van der Waals surface area contributed by atoms with E-state index in [0.29, 0.717) is 18.1 Å². The van der Waals surface area contributed by atoms with Crippen LogP contribution in [0.25, 0.3) is 5.69 Å². The minimum Gasteiger partial charge on any atom is -0.354 e. The molecule has 0 aliphatic carbocycles. The number of halogens is 1. The van der Waals surface area contributed by atoms with Gasteiger partial charge in [-0.1, -0.05) is 30.3 Å². The molecule has 7 heteroatoms. The molecular weight excluding hydrogens is 395 g/mol. The summed E-state index contributed by atoms with van der Waals surface area (Å²) >= 11 is 0. The Balaban J connectivity index is 1.48. The van der Waals surface area contributed by atoms with Gasteiger partial charge in [0.25, 0.3) is 5.56 Å². The summed E-state index contributed by atoms with van der Waals surface area (Å²) in [5.74, 6) is 0.112. The van der Waals surface area contributed by atoms with Crippen molar-refractivity contribution in [1.82, 2.24) is 15.1 Å². The highest BCUT2D eigenvalue weighted by Gasteiger charge is 2.27. The van der Waals surface area contributed by atoms with Crippen LogP contribution in [0.3, 0.4) is 0 Å². The molecule has 1 amide bonds. The molecule has 0 spiro atoms. The fourth-order valence-corrected chi connectivity index (χ4v) is 3.89. The molecule has 1 N–H and O–H groups in total. The number of aromatic nitrogens is 2. The van der Waals surface area contributed by atoms with Gasteiger partial charge in [-0.15, -0.1) is 5.10 Å². The van der Waals surface area contributed by atoms with E-state index < -0.39 is 0 Å². The topological polar surface area (TPSA) is 67.2 Å². The van der Waals surface area contributed by atoms with Crippen molar-refractivity contribution in [3.63, 3.8) is 0 Å². The molecule has 6 nitrogen and oxygen atoms in total. The van der Waals surface area contributed by atoms with Gasteiger partial charge in [-0.25, -0.2) is 4.39 Å². The zero-order valence-electron chi connectivity index (χ0n) is 17.4. The summed E-state index contributed by atoms with van der Waals surface area (Å²) in [6.07, 6.45) is 1.66. The summed E-state index contributed by atoms with van der Waals surface area (Å²) in [5.41, 5.74) is 1.27. The van der Waals surface area contributed by atoms with Crippen molar-refractivity contribution in [3.05, 3.63) is 88.5 Å². The molecule has 4 rings (SSSR count). The number of amides is 1. The number of carbonyl (C=O) groups is 1. The number of anilines is 1. The van der Waals surface area contributed by atoms with Crippen LogP contribution in [0.4, 0.5) is 10.2 Å². The fraction of sp³-hybridized carbons (Fsp3) is 0.292. The highest BCUT2D eigenvalue weighted by Crippen LogP contribution is 2.23. The first-order valence-corrected chi connectivity index (χ1v) is 10.5. The summed E-state index contributed by atoms with van der Waals surface area (Å²) in [4.78, 5) is 27.2. The third-order valence-electron chi connectivity index (χ3n) is 5.63. The predicted octanol–water partition coefficient (Wildman–Crippen LogP) is 3.47. The summed E-state index contributed by atoms with van der Waals surface area (Å²) in [7, 11) is 0. The Kier molecular flexibility index (Phi) is 6.11. The Labute approximate surface area is 180 Å². The van der Waals surface area contributed by atoms with Gasteiger partial charge in [-0.05, 0) is 55.7 Å². The smallest absolute Gasteiger partial charge is 0.271 e. The zero-order chi connectivity index (χ0) is 21.8. The van der Waals surface area contributed by atoms with Crippen LogP contribution in [0.5, 0.6) is 0 Å². The lowest BCUT2D eigenvalue weighted by Gasteiger charge is -2.33. The van der Waals surface area contributed by atoms with Crippen LogP contribution in [-0.4, -0.2) is 28.8 Å². The fourth-order valence-electron chi connectivity index (χ4n) is 3.89. The molecule has 2 heterocycles. The van der Waals surface area contributed by atoms with Gasteiger partial charge in [0.2, 0.25) is 5.91 Å². The lowest BCUT2D eigenvalue weighted by atomic mass is 9.96. The second-order valence-electron chi connectivity index (χ2n) is 7.84. The standard InChI is InChI=1S/C24H25FN4O2/c1-17(18-6-3-2-4-7-18)26-24(31)19-8-5-15-28(16-19)22-13-14-23(30)29(27-22)21-11-9-20(25)10-12-21/h2-4,6-7,9-14,17,19H,5,8,15-16H2,1H3,(H,26,31)/t17-,19+/m1/s1. The Hall–Kier alpha value is -3.48. The average Bonchev–Trinajstić information content (AvgIpc) is 2.80. The third-order valence-corrected chi connectivity index (χ3v) is 5.63. The predicted molar refractivity (Wildman–Crippen MR) is 118 cm³/mol. The molecule has 0 bridgehead atoms. The molecule has 1 fully saturated rings. The van der Waals surface area contributed by atoms with Crippen molar-refractivity contribution >= 4 is 11.7 Å². The van der Waals surface area contributed by atoms with Crippen LogP contribution < -0.4 is 15.8 Å². The first-order valence-electron chi connectivity index (χ1n) is 10.5. The molecule has 0 saturated carbocycles. The van der Waals surface area contributed by atoms with Crippen molar-refractivity contribution < 1.29 is 9.18 Å². The number of carbonyl (C=O) groups excluding carboxylic acids is 1. The van der Waals surface area contributed by atoms with E-state index in [4.69, 9.17) is 0 Å². The second-order valence-corrected chi connectivity index (χ2v) is 7.84. The molecule has 2 atom stereocenters. The lowest BCUT2D eigenvalue weighted by Crippen LogP contribution is -2.44. The van der Waals surface area contributed by atoms with E-state index in [-0.39, 0.29) is 29.2 Å². The van der Waals surface area contributed by atoms with Gasteiger partial charge in [0, 0.05) is 19.2 Å². The van der Waals surface area contributed by atoms with Crippen molar-refractivity contribution in [2.24, 2.45) is 5.92 Å². The molecule has 1 saturated heterocycles. The minimum atomic E-state index is -0.373. The molecular formula is C24H25FN4O2. The second kappa shape index (κ2) is 9.12. The molecule has 1 aliphatic heterocycles. The van der Waals surface area contributed by atoms with Crippen LogP contribution in [0.15, 0.2) is 71.5 Å². The van der Waals surface area contributed by atoms with E-state index in [9.17, 15) is 14.0 Å². The average molecular weight is 420 g/mol. The largest absolute Gasteiger partial charge is 0.354 e. The van der Waals surface area contributed by atoms with E-state index in [1.165, 1.54) is 35.0 Å². The molecule has 2 aromatic carbocycles. The Morgan fingerprint density at radius 1 is 1.10 bits per heavy atom. The SMILES string of the molecule is C[C@@H](NC(=O)[C@H]1CCCN(c2ccc(=O)n(-c3ccc(F)cc3)n2)C1)c1ccccc1. The number of piperidine rings is 1. The molecule has 3 aromatic rings. The molecule has 160 valence electrons. The zero-order valence-corrected chi connectivity index (χ0v) is 17.4. The highest BCUT2D eigenvalue weighted by molar-refractivity contribution is 5.80. The summed E-state index contributed by atoms with van der Waals surface area (Å²) in [5, 5.41) is 7.59. The van der Waals surface area contributed by atoms with E-state index in [0.717, 1.165) is 24.9 Å². The first-order chi connectivity index (χ1) is 15.0. The van der Waals surface area contributed by atoms with Crippen molar-refractivity contribution in [2.75, 3.05) is 18.0 Å². The monoisotopic (exact) mass is 420 g/mol. The van der Waals surface area contributed by atoms with E-state index >= 15 is 0 Å². The molecule has 0 unspecified atom stereocenters. The molecule has 1 aliphatic rings. The molecule has 1 aromatic heterocycles. The Morgan fingerprint density at radius 3 is 2.58 bits per heavy atom. The normalized spacial score (nSPS) is 17.2. The van der Waals surface area contributed by atoms with Gasteiger partial charge in [-0.2, -0.15) is 4.68 Å². The van der Waals surface area contributed by atoms with Gasteiger partial charge < -0.3 is 10.2 Å². The van der Waals surface area contributed by atoms with Crippen LogP contribution in [-0.2, 0) is 4.79 Å². The Bertz CT molecular complexity index is 1100. The maximum atomic E-state index is 13.2. The van der Waals surface area contributed by atoms with Gasteiger partial charge in [0.1, 0.15) is 11.6 Å². The summed E-state index contributed by atoms with van der Waals surface area (Å²) < 4.78 is 14.5. The number of benzene rings is 2. The van der Waals surface area contributed by atoms with Gasteiger partial charge >= 0.3 is 0 Å². The van der Waals surface area contributed by atoms with Crippen molar-refractivity contribution in [2.45, 2.75) is 25.8 Å². The maximum Gasteiger partial charge on any atom is 0.271 e. The number of rotatable bonds is 5. The van der Waals surface area contributed by atoms with Crippen molar-refractivity contribution in [1.29, 1.82) is 0 Å². The summed E-state index contributed by atoms with van der Waals surface area (Å²) in [6, 6.07) is 18.6. The van der Waals surface area contributed by atoms with E-state index in [1.807, 2.05) is 42.2 Å².